The number of ether oxygens (including phenoxy) is 1. The molecule has 0 radical (unpaired) electrons. The van der Waals surface area contributed by atoms with E-state index in [1.165, 1.54) is 12.8 Å². The lowest BCUT2D eigenvalue weighted by atomic mass is 10.0. The van der Waals surface area contributed by atoms with Gasteiger partial charge in [0.15, 0.2) is 0 Å². The SMILES string of the molecule is CCn1ncc(Br)c1C(N)C(OC)C1CC1. The predicted octanol–water partition coefficient (Wildman–Crippen LogP) is 2.09. The molecule has 2 unspecified atom stereocenters. The molecule has 0 aliphatic heterocycles. The van der Waals surface area contributed by atoms with Crippen LogP contribution in [0.2, 0.25) is 0 Å². The molecule has 5 heteroatoms. The van der Waals surface area contributed by atoms with Gasteiger partial charge in [0.05, 0.1) is 28.5 Å². The maximum Gasteiger partial charge on any atom is 0.0807 e. The molecule has 2 N–H and O–H groups in total. The fourth-order valence-electron chi connectivity index (χ4n) is 2.17. The van der Waals surface area contributed by atoms with E-state index >= 15 is 0 Å². The third-order valence-electron chi connectivity index (χ3n) is 3.16. The maximum atomic E-state index is 6.30. The minimum Gasteiger partial charge on any atom is -0.379 e. The zero-order chi connectivity index (χ0) is 11.7. The van der Waals surface area contributed by atoms with E-state index in [2.05, 4.69) is 28.0 Å². The monoisotopic (exact) mass is 287 g/mol. The van der Waals surface area contributed by atoms with Gasteiger partial charge in [-0.1, -0.05) is 0 Å². The average molecular weight is 288 g/mol. The topological polar surface area (TPSA) is 53.1 Å². The number of aryl methyl sites for hydroxylation is 1. The lowest BCUT2D eigenvalue weighted by Gasteiger charge is -2.23. The summed E-state index contributed by atoms with van der Waals surface area (Å²) in [4.78, 5) is 0. The van der Waals surface area contributed by atoms with Crippen molar-refractivity contribution in [3.05, 3.63) is 16.4 Å². The van der Waals surface area contributed by atoms with Crippen molar-refractivity contribution in [2.75, 3.05) is 7.11 Å². The Morgan fingerprint density at radius 3 is 2.88 bits per heavy atom. The molecular weight excluding hydrogens is 270 g/mol. The molecule has 1 fully saturated rings. The highest BCUT2D eigenvalue weighted by Gasteiger charge is 2.37. The fourth-order valence-corrected chi connectivity index (χ4v) is 2.73. The molecule has 4 nitrogen and oxygen atoms in total. The molecule has 2 rings (SSSR count). The molecule has 1 heterocycles. The molecule has 0 spiro atoms. The molecule has 16 heavy (non-hydrogen) atoms. The van der Waals surface area contributed by atoms with Gasteiger partial charge in [0.25, 0.3) is 0 Å². The summed E-state index contributed by atoms with van der Waals surface area (Å²) in [6.07, 6.45) is 4.37. The highest BCUT2D eigenvalue weighted by Crippen LogP contribution is 2.40. The molecule has 0 amide bonds. The van der Waals surface area contributed by atoms with Gasteiger partial charge in [0.2, 0.25) is 0 Å². The summed E-state index contributed by atoms with van der Waals surface area (Å²) in [5, 5.41) is 4.29. The van der Waals surface area contributed by atoms with E-state index in [0.717, 1.165) is 16.7 Å². The lowest BCUT2D eigenvalue weighted by Crippen LogP contribution is -2.32. The number of rotatable bonds is 5. The summed E-state index contributed by atoms with van der Waals surface area (Å²) in [6.45, 7) is 2.89. The van der Waals surface area contributed by atoms with E-state index in [9.17, 15) is 0 Å². The van der Waals surface area contributed by atoms with Crippen LogP contribution in [-0.2, 0) is 11.3 Å². The van der Waals surface area contributed by atoms with Crippen LogP contribution in [0.25, 0.3) is 0 Å². The third kappa shape index (κ3) is 2.17. The first kappa shape index (κ1) is 12.1. The largest absolute Gasteiger partial charge is 0.379 e. The highest BCUT2D eigenvalue weighted by molar-refractivity contribution is 9.10. The third-order valence-corrected chi connectivity index (χ3v) is 3.77. The summed E-state index contributed by atoms with van der Waals surface area (Å²) in [7, 11) is 1.74. The quantitative estimate of drug-likeness (QED) is 0.902. The van der Waals surface area contributed by atoms with E-state index < -0.39 is 0 Å². The van der Waals surface area contributed by atoms with Crippen LogP contribution in [0.5, 0.6) is 0 Å². The Hall–Kier alpha value is -0.390. The van der Waals surface area contributed by atoms with Gasteiger partial charge in [0.1, 0.15) is 0 Å². The number of halogens is 1. The molecule has 0 aromatic carbocycles. The van der Waals surface area contributed by atoms with Crippen LogP contribution in [0.4, 0.5) is 0 Å². The number of hydrogen-bond donors (Lipinski definition) is 1. The molecular formula is C11H18BrN3O. The van der Waals surface area contributed by atoms with Crippen molar-refractivity contribution in [3.63, 3.8) is 0 Å². The first-order chi connectivity index (χ1) is 7.69. The highest BCUT2D eigenvalue weighted by atomic mass is 79.9. The summed E-state index contributed by atoms with van der Waals surface area (Å²) in [5.74, 6) is 0.618. The van der Waals surface area contributed by atoms with Gasteiger partial charge in [-0.25, -0.2) is 0 Å². The van der Waals surface area contributed by atoms with E-state index in [1.807, 2.05) is 4.68 Å². The molecule has 90 valence electrons. The molecule has 1 saturated carbocycles. The number of nitrogens with two attached hydrogens (primary N) is 1. The smallest absolute Gasteiger partial charge is 0.0807 e. The number of nitrogens with zero attached hydrogens (tertiary/aromatic N) is 2. The van der Waals surface area contributed by atoms with Crippen LogP contribution in [0.3, 0.4) is 0 Å². The van der Waals surface area contributed by atoms with E-state index in [0.29, 0.717) is 5.92 Å². The van der Waals surface area contributed by atoms with Crippen LogP contribution in [-0.4, -0.2) is 23.0 Å². The number of aromatic nitrogens is 2. The summed E-state index contributed by atoms with van der Waals surface area (Å²) in [6, 6.07) is -0.102. The predicted molar refractivity (Wildman–Crippen MR) is 66.1 cm³/mol. The molecule has 1 aromatic rings. The maximum absolute atomic E-state index is 6.30. The van der Waals surface area contributed by atoms with Crippen molar-refractivity contribution in [1.82, 2.24) is 9.78 Å². The fraction of sp³-hybridized carbons (Fsp3) is 0.727. The average Bonchev–Trinajstić information content (AvgIpc) is 3.02. The Morgan fingerprint density at radius 1 is 1.69 bits per heavy atom. The first-order valence-electron chi connectivity index (χ1n) is 5.68. The van der Waals surface area contributed by atoms with Gasteiger partial charge in [-0.05, 0) is 41.6 Å². The number of methoxy groups -OCH3 is 1. The lowest BCUT2D eigenvalue weighted by molar-refractivity contribution is 0.0598. The Kier molecular flexibility index (Phi) is 3.66. The van der Waals surface area contributed by atoms with Crippen LogP contribution in [0.15, 0.2) is 10.7 Å². The molecule has 1 aliphatic rings. The molecule has 0 bridgehead atoms. The Morgan fingerprint density at radius 2 is 2.38 bits per heavy atom. The zero-order valence-electron chi connectivity index (χ0n) is 9.69. The van der Waals surface area contributed by atoms with Crippen LogP contribution < -0.4 is 5.73 Å². The van der Waals surface area contributed by atoms with Crippen molar-refractivity contribution in [3.8, 4) is 0 Å². The standard InChI is InChI=1S/C11H18BrN3O/c1-3-15-10(8(12)6-14-15)9(13)11(16-2)7-4-5-7/h6-7,9,11H,3-5,13H2,1-2H3. The zero-order valence-corrected chi connectivity index (χ0v) is 11.3. The van der Waals surface area contributed by atoms with Crippen molar-refractivity contribution in [1.29, 1.82) is 0 Å². The Labute approximate surface area is 104 Å². The second-order valence-electron chi connectivity index (χ2n) is 4.26. The Bertz CT molecular complexity index is 362. The van der Waals surface area contributed by atoms with Crippen LogP contribution in [0, 0.1) is 5.92 Å². The van der Waals surface area contributed by atoms with E-state index in [-0.39, 0.29) is 12.1 Å². The van der Waals surface area contributed by atoms with Gasteiger partial charge >= 0.3 is 0 Å². The Balaban J connectivity index is 2.23. The van der Waals surface area contributed by atoms with Gasteiger partial charge in [0, 0.05) is 13.7 Å². The number of hydrogen-bond acceptors (Lipinski definition) is 3. The summed E-state index contributed by atoms with van der Waals surface area (Å²) >= 11 is 3.51. The minimum atomic E-state index is -0.102. The van der Waals surface area contributed by atoms with Gasteiger partial charge in [-0.2, -0.15) is 5.10 Å². The summed E-state index contributed by atoms with van der Waals surface area (Å²) < 4.78 is 8.44. The van der Waals surface area contributed by atoms with Crippen LogP contribution in [0.1, 0.15) is 31.5 Å². The molecule has 1 aliphatic carbocycles. The van der Waals surface area contributed by atoms with Gasteiger partial charge in [-0.15, -0.1) is 0 Å². The van der Waals surface area contributed by atoms with E-state index in [4.69, 9.17) is 10.5 Å². The van der Waals surface area contributed by atoms with Crippen molar-refractivity contribution in [2.24, 2.45) is 11.7 Å². The minimum absolute atomic E-state index is 0.102. The molecule has 1 aromatic heterocycles. The van der Waals surface area contributed by atoms with Crippen molar-refractivity contribution < 1.29 is 4.74 Å². The second kappa shape index (κ2) is 4.85. The van der Waals surface area contributed by atoms with Crippen molar-refractivity contribution in [2.45, 2.75) is 38.5 Å². The molecule has 2 atom stereocenters. The van der Waals surface area contributed by atoms with E-state index in [1.54, 1.807) is 13.3 Å². The first-order valence-corrected chi connectivity index (χ1v) is 6.47. The molecule has 0 saturated heterocycles. The summed E-state index contributed by atoms with van der Waals surface area (Å²) in [5.41, 5.74) is 7.34. The van der Waals surface area contributed by atoms with Gasteiger partial charge < -0.3 is 10.5 Å². The normalized spacial score (nSPS) is 19.8. The van der Waals surface area contributed by atoms with Gasteiger partial charge in [-0.3, -0.25) is 4.68 Å². The van der Waals surface area contributed by atoms with Crippen molar-refractivity contribution >= 4 is 15.9 Å². The van der Waals surface area contributed by atoms with Crippen LogP contribution >= 0.6 is 15.9 Å². The second-order valence-corrected chi connectivity index (χ2v) is 5.11.